The van der Waals surface area contributed by atoms with Crippen molar-refractivity contribution < 1.29 is 19.1 Å². The molecule has 0 radical (unpaired) electrons. The number of rotatable bonds is 12. The molecule has 1 aliphatic rings. The van der Waals surface area contributed by atoms with Crippen LogP contribution in [-0.4, -0.2) is 42.3 Å². The summed E-state index contributed by atoms with van der Waals surface area (Å²) in [6.45, 7) is 7.22. The van der Waals surface area contributed by atoms with E-state index in [4.69, 9.17) is 4.74 Å². The highest BCUT2D eigenvalue weighted by molar-refractivity contribution is 5.91. The maximum atomic E-state index is 13.6. The molecule has 0 aliphatic carbocycles. The fourth-order valence-electron chi connectivity index (χ4n) is 5.20. The number of para-hydroxylation sites is 1. The Kier molecular flexibility index (Phi) is 11.2. The van der Waals surface area contributed by atoms with Crippen molar-refractivity contribution in [3.8, 4) is 11.5 Å². The van der Waals surface area contributed by atoms with E-state index in [0.29, 0.717) is 38.1 Å². The second-order valence-electron chi connectivity index (χ2n) is 10.6. The van der Waals surface area contributed by atoms with Crippen LogP contribution in [0.3, 0.4) is 0 Å². The first kappa shape index (κ1) is 29.2. The molecular weight excluding hydrogens is 478 g/mol. The third kappa shape index (κ3) is 8.33. The summed E-state index contributed by atoms with van der Waals surface area (Å²) in [7, 11) is 1.61. The molecular formula is C31H43N3O4. The fourth-order valence-corrected chi connectivity index (χ4v) is 5.20. The van der Waals surface area contributed by atoms with E-state index in [1.165, 1.54) is 0 Å². The van der Waals surface area contributed by atoms with Crippen LogP contribution in [0.4, 0.5) is 0 Å². The molecule has 1 fully saturated rings. The van der Waals surface area contributed by atoms with Crippen LogP contribution in [0.25, 0.3) is 0 Å². The maximum absolute atomic E-state index is 13.6. The zero-order valence-electron chi connectivity index (χ0n) is 23.2. The summed E-state index contributed by atoms with van der Waals surface area (Å²) in [5, 5.41) is 5.79. The second-order valence-corrected chi connectivity index (χ2v) is 10.6. The molecule has 206 valence electrons. The Hall–Kier alpha value is -3.35. The van der Waals surface area contributed by atoms with Crippen molar-refractivity contribution in [3.63, 3.8) is 0 Å². The molecule has 7 heteroatoms. The van der Waals surface area contributed by atoms with Gasteiger partial charge in [0.15, 0.2) is 0 Å². The standard InChI is InChI=1S/C31H43N3O4/c1-5-12-26(29(35)32-4)27(19-22(2)3)30(36)33-28-17-9-10-18-34(31(28)37)21-23-13-11-16-25(20-23)38-24-14-7-6-8-15-24/h6-8,11,13-16,20,22,26-28H,5,9-10,12,17-19,21H2,1-4H3,(H,32,35)(H,33,36)/t26-,27-,28-/m0/s1. The van der Waals surface area contributed by atoms with Crippen molar-refractivity contribution in [2.24, 2.45) is 17.8 Å². The molecule has 0 bridgehead atoms. The first-order valence-corrected chi connectivity index (χ1v) is 13.9. The zero-order chi connectivity index (χ0) is 27.5. The highest BCUT2D eigenvalue weighted by atomic mass is 16.5. The third-order valence-electron chi connectivity index (χ3n) is 7.08. The van der Waals surface area contributed by atoms with Crippen molar-refractivity contribution in [3.05, 3.63) is 60.2 Å². The lowest BCUT2D eigenvalue weighted by atomic mass is 9.81. The number of carbonyl (C=O) groups excluding carboxylic acids is 3. The van der Waals surface area contributed by atoms with Gasteiger partial charge >= 0.3 is 0 Å². The highest BCUT2D eigenvalue weighted by Crippen LogP contribution is 2.27. The first-order valence-electron chi connectivity index (χ1n) is 13.9. The molecule has 3 amide bonds. The molecule has 38 heavy (non-hydrogen) atoms. The molecule has 1 heterocycles. The van der Waals surface area contributed by atoms with Crippen LogP contribution in [0.5, 0.6) is 11.5 Å². The lowest BCUT2D eigenvalue weighted by Gasteiger charge is -2.29. The van der Waals surface area contributed by atoms with Crippen molar-refractivity contribution in [1.29, 1.82) is 0 Å². The Bertz CT molecular complexity index is 1060. The van der Waals surface area contributed by atoms with Crippen molar-refractivity contribution in [1.82, 2.24) is 15.5 Å². The number of hydrogen-bond donors (Lipinski definition) is 2. The maximum Gasteiger partial charge on any atom is 0.245 e. The van der Waals surface area contributed by atoms with Crippen LogP contribution < -0.4 is 15.4 Å². The van der Waals surface area contributed by atoms with Gasteiger partial charge in [-0.15, -0.1) is 0 Å². The van der Waals surface area contributed by atoms with Gasteiger partial charge in [0.25, 0.3) is 0 Å². The molecule has 0 aromatic heterocycles. The number of amides is 3. The summed E-state index contributed by atoms with van der Waals surface area (Å²) >= 11 is 0. The van der Waals surface area contributed by atoms with Gasteiger partial charge in [-0.25, -0.2) is 0 Å². The van der Waals surface area contributed by atoms with E-state index in [9.17, 15) is 14.4 Å². The van der Waals surface area contributed by atoms with Gasteiger partial charge in [0.05, 0.1) is 0 Å². The van der Waals surface area contributed by atoms with Crippen LogP contribution in [0.2, 0.25) is 0 Å². The number of nitrogens with one attached hydrogen (secondary N) is 2. The van der Waals surface area contributed by atoms with Gasteiger partial charge in [0, 0.05) is 32.0 Å². The minimum atomic E-state index is -0.588. The Labute approximate surface area is 227 Å². The van der Waals surface area contributed by atoms with E-state index >= 15 is 0 Å². The van der Waals surface area contributed by atoms with E-state index < -0.39 is 17.9 Å². The van der Waals surface area contributed by atoms with E-state index in [1.807, 2.05) is 66.4 Å². The van der Waals surface area contributed by atoms with Gasteiger partial charge in [0.1, 0.15) is 17.5 Å². The van der Waals surface area contributed by atoms with Crippen LogP contribution in [-0.2, 0) is 20.9 Å². The van der Waals surface area contributed by atoms with Gasteiger partial charge < -0.3 is 20.3 Å². The number of benzene rings is 2. The predicted octanol–water partition coefficient (Wildman–Crippen LogP) is 5.30. The molecule has 1 aliphatic heterocycles. The van der Waals surface area contributed by atoms with Gasteiger partial charge in [-0.1, -0.05) is 57.5 Å². The summed E-state index contributed by atoms with van der Waals surface area (Å²) in [5.74, 6) is 0.476. The van der Waals surface area contributed by atoms with E-state index in [2.05, 4.69) is 24.5 Å². The minimum Gasteiger partial charge on any atom is -0.457 e. The average Bonchev–Trinajstić information content (AvgIpc) is 3.07. The highest BCUT2D eigenvalue weighted by Gasteiger charge is 2.36. The quantitative estimate of drug-likeness (QED) is 0.397. The Morgan fingerprint density at radius 1 is 1.00 bits per heavy atom. The number of nitrogens with zero attached hydrogens (tertiary/aromatic N) is 1. The van der Waals surface area contributed by atoms with E-state index in [-0.39, 0.29) is 23.6 Å². The van der Waals surface area contributed by atoms with Gasteiger partial charge in [-0.05, 0) is 67.9 Å². The lowest BCUT2D eigenvalue weighted by molar-refractivity contribution is -0.140. The lowest BCUT2D eigenvalue weighted by Crippen LogP contribution is -2.51. The zero-order valence-corrected chi connectivity index (χ0v) is 23.2. The number of ether oxygens (including phenoxy) is 1. The topological polar surface area (TPSA) is 87.7 Å². The smallest absolute Gasteiger partial charge is 0.245 e. The van der Waals surface area contributed by atoms with Crippen LogP contribution in [0.15, 0.2) is 54.6 Å². The molecule has 1 saturated heterocycles. The first-order chi connectivity index (χ1) is 18.3. The molecule has 0 spiro atoms. The summed E-state index contributed by atoms with van der Waals surface area (Å²) in [4.78, 5) is 41.6. The van der Waals surface area contributed by atoms with Crippen molar-refractivity contribution in [2.75, 3.05) is 13.6 Å². The number of carbonyl (C=O) groups is 3. The predicted molar refractivity (Wildman–Crippen MR) is 150 cm³/mol. The Morgan fingerprint density at radius 2 is 1.74 bits per heavy atom. The molecule has 0 unspecified atom stereocenters. The van der Waals surface area contributed by atoms with Crippen molar-refractivity contribution in [2.45, 2.75) is 71.9 Å². The minimum absolute atomic E-state index is 0.0690. The normalized spacial score (nSPS) is 17.4. The average molecular weight is 522 g/mol. The van der Waals surface area contributed by atoms with Gasteiger partial charge in [-0.3, -0.25) is 14.4 Å². The molecule has 0 saturated carbocycles. The van der Waals surface area contributed by atoms with Gasteiger partial charge in [0.2, 0.25) is 17.7 Å². The Balaban J connectivity index is 1.72. The fraction of sp³-hybridized carbons (Fsp3) is 0.516. The van der Waals surface area contributed by atoms with Crippen molar-refractivity contribution >= 4 is 17.7 Å². The van der Waals surface area contributed by atoms with Crippen LogP contribution >= 0.6 is 0 Å². The number of likely N-dealkylation sites (tertiary alicyclic amines) is 1. The largest absolute Gasteiger partial charge is 0.457 e. The third-order valence-corrected chi connectivity index (χ3v) is 7.08. The SMILES string of the molecule is CCC[C@H](C(=O)NC)[C@H](CC(C)C)C(=O)N[C@H]1CCCCN(Cc2cccc(Oc3ccccc3)c2)C1=O. The van der Waals surface area contributed by atoms with E-state index in [0.717, 1.165) is 30.6 Å². The summed E-state index contributed by atoms with van der Waals surface area (Å²) < 4.78 is 5.97. The molecule has 2 aromatic carbocycles. The molecule has 3 atom stereocenters. The molecule has 3 rings (SSSR count). The second kappa shape index (κ2) is 14.6. The number of hydrogen-bond acceptors (Lipinski definition) is 4. The van der Waals surface area contributed by atoms with Crippen LogP contribution in [0.1, 0.15) is 64.9 Å². The molecule has 2 aromatic rings. The Morgan fingerprint density at radius 3 is 2.42 bits per heavy atom. The molecule has 7 nitrogen and oxygen atoms in total. The summed E-state index contributed by atoms with van der Waals surface area (Å²) in [6, 6.07) is 16.8. The monoisotopic (exact) mass is 521 g/mol. The summed E-state index contributed by atoms with van der Waals surface area (Å²) in [5.41, 5.74) is 0.971. The van der Waals surface area contributed by atoms with Crippen LogP contribution in [0, 0.1) is 17.8 Å². The summed E-state index contributed by atoms with van der Waals surface area (Å²) in [6.07, 6.45) is 4.38. The van der Waals surface area contributed by atoms with E-state index in [1.54, 1.807) is 7.05 Å². The van der Waals surface area contributed by atoms with Gasteiger partial charge in [-0.2, -0.15) is 0 Å². The molecule has 2 N–H and O–H groups in total.